The van der Waals surface area contributed by atoms with Crippen LogP contribution in [-0.4, -0.2) is 47.4 Å². The van der Waals surface area contributed by atoms with Gasteiger partial charge < -0.3 is 10.1 Å². The summed E-state index contributed by atoms with van der Waals surface area (Å²) in [6.07, 6.45) is -0.309. The number of alkyl halides is 3. The number of fused-ring (bicyclic) bond motifs is 1. The lowest BCUT2D eigenvalue weighted by molar-refractivity contribution is -0.274. The monoisotopic (exact) mass is 440 g/mol. The maximum absolute atomic E-state index is 12.5. The summed E-state index contributed by atoms with van der Waals surface area (Å²) < 4.78 is 66.1. The molecule has 0 amide bonds. The summed E-state index contributed by atoms with van der Waals surface area (Å²) in [4.78, 5) is 4.54. The van der Waals surface area contributed by atoms with Gasteiger partial charge in [0, 0.05) is 18.3 Å². The van der Waals surface area contributed by atoms with Crippen molar-refractivity contribution < 1.29 is 26.3 Å². The minimum absolute atomic E-state index is 0.203. The van der Waals surface area contributed by atoms with E-state index in [1.165, 1.54) is 28.9 Å². The largest absolute Gasteiger partial charge is 0.573 e. The van der Waals surface area contributed by atoms with Crippen LogP contribution in [0.25, 0.3) is 16.8 Å². The van der Waals surface area contributed by atoms with Crippen LogP contribution in [0.3, 0.4) is 0 Å². The number of hydrogen-bond acceptors (Lipinski definition) is 6. The first-order valence-electron chi connectivity index (χ1n) is 9.33. The molecule has 1 N–H and O–H groups in total. The fourth-order valence-corrected chi connectivity index (χ4v) is 5.01. The topological polar surface area (TPSA) is 85.6 Å². The van der Waals surface area contributed by atoms with Gasteiger partial charge in [0.1, 0.15) is 21.4 Å². The second-order valence-electron chi connectivity index (χ2n) is 7.19. The maximum atomic E-state index is 12.5. The molecule has 0 aliphatic carbocycles. The average molecular weight is 440 g/mol. The smallest absolute Gasteiger partial charge is 0.406 e. The third-order valence-electron chi connectivity index (χ3n) is 4.99. The van der Waals surface area contributed by atoms with E-state index in [0.717, 1.165) is 0 Å². The Hall–Kier alpha value is -2.82. The van der Waals surface area contributed by atoms with Gasteiger partial charge >= 0.3 is 6.36 Å². The Bertz CT molecular complexity index is 1150. The zero-order chi connectivity index (χ0) is 21.4. The van der Waals surface area contributed by atoms with Crippen molar-refractivity contribution in [3.05, 3.63) is 42.7 Å². The van der Waals surface area contributed by atoms with Gasteiger partial charge in [-0.1, -0.05) is 12.1 Å². The van der Waals surface area contributed by atoms with E-state index in [9.17, 15) is 21.6 Å². The molecule has 1 aromatic carbocycles. The Morgan fingerprint density at radius 1 is 1.20 bits per heavy atom. The number of aromatic nitrogens is 3. The van der Waals surface area contributed by atoms with Crippen molar-refractivity contribution in [2.24, 2.45) is 5.92 Å². The molecule has 1 aliphatic rings. The summed E-state index contributed by atoms with van der Waals surface area (Å²) in [6, 6.07) is 7.39. The van der Waals surface area contributed by atoms with Gasteiger partial charge in [-0.15, -0.1) is 13.2 Å². The van der Waals surface area contributed by atoms with E-state index in [1.54, 1.807) is 18.3 Å². The maximum Gasteiger partial charge on any atom is 0.573 e. The van der Waals surface area contributed by atoms with Crippen LogP contribution in [0.4, 0.5) is 19.0 Å². The van der Waals surface area contributed by atoms with Crippen molar-refractivity contribution in [3.8, 4) is 16.9 Å². The molecule has 3 aromatic rings. The molecule has 11 heteroatoms. The van der Waals surface area contributed by atoms with Crippen molar-refractivity contribution in [1.29, 1.82) is 0 Å². The highest BCUT2D eigenvalue weighted by Gasteiger charge is 2.31. The minimum atomic E-state index is -4.77. The predicted molar refractivity (Wildman–Crippen MR) is 105 cm³/mol. The van der Waals surface area contributed by atoms with Crippen molar-refractivity contribution >= 4 is 21.3 Å². The van der Waals surface area contributed by atoms with Gasteiger partial charge in [0.2, 0.25) is 0 Å². The van der Waals surface area contributed by atoms with Crippen molar-refractivity contribution in [2.75, 3.05) is 23.4 Å². The number of nitrogens with zero attached hydrogens (tertiary/aromatic N) is 3. The lowest BCUT2D eigenvalue weighted by Crippen LogP contribution is -2.27. The van der Waals surface area contributed by atoms with Crippen molar-refractivity contribution in [2.45, 2.75) is 19.2 Å². The summed E-state index contributed by atoms with van der Waals surface area (Å²) in [7, 11) is -2.91. The molecule has 160 valence electrons. The molecular weight excluding hydrogens is 421 g/mol. The molecule has 4 rings (SSSR count). The summed E-state index contributed by atoms with van der Waals surface area (Å²) in [5, 5.41) is 7.43. The second kappa shape index (κ2) is 7.78. The van der Waals surface area contributed by atoms with Gasteiger partial charge in [-0.2, -0.15) is 5.10 Å². The summed E-state index contributed by atoms with van der Waals surface area (Å²) >= 11 is 0. The molecular formula is C19H19F3N4O3S. The number of nitrogens with one attached hydrogen (secondary N) is 1. The summed E-state index contributed by atoms with van der Waals surface area (Å²) in [5.74, 6) is 0.914. The Morgan fingerprint density at radius 2 is 1.97 bits per heavy atom. The van der Waals surface area contributed by atoms with Crippen LogP contribution in [0.5, 0.6) is 5.75 Å². The van der Waals surface area contributed by atoms with E-state index < -0.39 is 16.2 Å². The zero-order valence-corrected chi connectivity index (χ0v) is 16.6. The molecule has 3 heterocycles. The van der Waals surface area contributed by atoms with Crippen LogP contribution in [0.2, 0.25) is 0 Å². The fourth-order valence-electron chi connectivity index (χ4n) is 3.42. The summed E-state index contributed by atoms with van der Waals surface area (Å²) in [5.41, 5.74) is 1.54. The van der Waals surface area contributed by atoms with E-state index in [-0.39, 0.29) is 23.2 Å². The van der Waals surface area contributed by atoms with Crippen molar-refractivity contribution in [3.63, 3.8) is 0 Å². The average Bonchev–Trinajstić information content (AvgIpc) is 3.09. The van der Waals surface area contributed by atoms with Crippen LogP contribution >= 0.6 is 0 Å². The molecule has 0 spiro atoms. The lowest BCUT2D eigenvalue weighted by Gasteiger charge is -2.22. The zero-order valence-electron chi connectivity index (χ0n) is 15.8. The van der Waals surface area contributed by atoms with E-state index in [0.29, 0.717) is 42.0 Å². The molecule has 0 atom stereocenters. The molecule has 1 saturated heterocycles. The van der Waals surface area contributed by atoms with Gasteiger partial charge in [0.05, 0.1) is 17.7 Å². The second-order valence-corrected chi connectivity index (χ2v) is 9.49. The number of hydrogen-bond donors (Lipinski definition) is 1. The van der Waals surface area contributed by atoms with Crippen LogP contribution in [0, 0.1) is 5.92 Å². The Morgan fingerprint density at radius 3 is 2.70 bits per heavy atom. The Balaban J connectivity index is 1.53. The first-order valence-corrected chi connectivity index (χ1v) is 11.2. The molecule has 0 saturated carbocycles. The quantitative estimate of drug-likeness (QED) is 0.653. The first-order chi connectivity index (χ1) is 14.2. The van der Waals surface area contributed by atoms with Crippen LogP contribution < -0.4 is 10.1 Å². The fraction of sp³-hybridized carbons (Fsp3) is 0.368. The molecule has 0 radical (unpaired) electrons. The number of halogens is 3. The Kier molecular flexibility index (Phi) is 5.31. The third-order valence-corrected chi connectivity index (χ3v) is 6.71. The highest BCUT2D eigenvalue weighted by molar-refractivity contribution is 7.91. The number of ether oxygens (including phenoxy) is 1. The molecule has 2 aromatic heterocycles. The Labute approximate surface area is 170 Å². The highest BCUT2D eigenvalue weighted by atomic mass is 32.2. The first kappa shape index (κ1) is 20.5. The van der Waals surface area contributed by atoms with Crippen LogP contribution in [-0.2, 0) is 9.84 Å². The molecule has 1 aliphatic heterocycles. The number of benzene rings is 1. The van der Waals surface area contributed by atoms with Gasteiger partial charge in [0.15, 0.2) is 5.65 Å². The van der Waals surface area contributed by atoms with Crippen LogP contribution in [0.1, 0.15) is 12.8 Å². The summed E-state index contributed by atoms with van der Waals surface area (Å²) in [6.45, 7) is 0.594. The number of anilines is 1. The van der Waals surface area contributed by atoms with Gasteiger partial charge in [0.25, 0.3) is 0 Å². The predicted octanol–water partition coefficient (Wildman–Crippen LogP) is 3.53. The van der Waals surface area contributed by atoms with E-state index in [4.69, 9.17) is 0 Å². The molecule has 7 nitrogen and oxygen atoms in total. The standard InChI is InChI=1S/C19H19F3N4O3S/c20-19(21,22)29-15-3-1-2-14(10-15)16-12-24-26-7-4-17(25-18(16)26)23-11-13-5-8-30(27,28)9-6-13/h1-4,7,10,12-13H,5-6,8-9,11H2,(H,23,25). The number of sulfone groups is 1. The third kappa shape index (κ3) is 4.84. The highest BCUT2D eigenvalue weighted by Crippen LogP contribution is 2.30. The van der Waals surface area contributed by atoms with Crippen molar-refractivity contribution in [1.82, 2.24) is 14.6 Å². The lowest BCUT2D eigenvalue weighted by atomic mass is 10.0. The van der Waals surface area contributed by atoms with Crippen LogP contribution in [0.15, 0.2) is 42.7 Å². The van der Waals surface area contributed by atoms with E-state index in [2.05, 4.69) is 20.1 Å². The molecule has 1 fully saturated rings. The van der Waals surface area contributed by atoms with E-state index in [1.807, 2.05) is 0 Å². The minimum Gasteiger partial charge on any atom is -0.406 e. The molecule has 0 bridgehead atoms. The SMILES string of the molecule is O=S1(=O)CCC(CNc2ccn3ncc(-c4cccc(OC(F)(F)F)c4)c3n2)CC1. The van der Waals surface area contributed by atoms with E-state index >= 15 is 0 Å². The molecule has 30 heavy (non-hydrogen) atoms. The van der Waals surface area contributed by atoms with Gasteiger partial charge in [-0.05, 0) is 42.5 Å². The molecule has 0 unspecified atom stereocenters. The van der Waals surface area contributed by atoms with Gasteiger partial charge in [-0.3, -0.25) is 0 Å². The normalized spacial score (nSPS) is 17.2. The van der Waals surface area contributed by atoms with Gasteiger partial charge in [-0.25, -0.2) is 17.9 Å². The number of rotatable bonds is 5.